The largest absolute Gasteiger partial charge is 0.444 e. The second kappa shape index (κ2) is 7.28. The van der Waals surface area contributed by atoms with Crippen molar-refractivity contribution in [2.75, 3.05) is 5.32 Å². The predicted molar refractivity (Wildman–Crippen MR) is 102 cm³/mol. The Hall–Kier alpha value is -2.46. The molecule has 1 heterocycles. The highest BCUT2D eigenvalue weighted by Gasteiger charge is 2.20. The van der Waals surface area contributed by atoms with E-state index in [2.05, 4.69) is 5.32 Å². The van der Waals surface area contributed by atoms with Gasteiger partial charge in [-0.05, 0) is 45.1 Å². The van der Waals surface area contributed by atoms with Gasteiger partial charge in [-0.2, -0.15) is 0 Å². The van der Waals surface area contributed by atoms with Crippen LogP contribution in [0.1, 0.15) is 20.8 Å². The van der Waals surface area contributed by atoms with Gasteiger partial charge < -0.3 is 4.74 Å². The summed E-state index contributed by atoms with van der Waals surface area (Å²) >= 11 is 11.0. The number of hydrogen-bond acceptors (Lipinski definition) is 5. The first-order valence-electron chi connectivity index (χ1n) is 7.72. The molecule has 2 rings (SSSR count). The third-order valence-electron chi connectivity index (χ3n) is 3.44. The maximum Gasteiger partial charge on any atom is 0.412 e. The minimum Gasteiger partial charge on any atom is -0.444 e. The Labute approximate surface area is 163 Å². The Morgan fingerprint density at radius 2 is 1.70 bits per heavy atom. The summed E-state index contributed by atoms with van der Waals surface area (Å²) in [5.41, 5.74) is -2.86. The van der Waals surface area contributed by atoms with Crippen LogP contribution in [0.3, 0.4) is 0 Å². The van der Waals surface area contributed by atoms with E-state index < -0.39 is 28.9 Å². The Morgan fingerprint density at radius 3 is 2.19 bits per heavy atom. The van der Waals surface area contributed by atoms with Crippen LogP contribution < -0.4 is 16.7 Å². The summed E-state index contributed by atoms with van der Waals surface area (Å²) in [5, 5.41) is 2.24. The first-order valence-corrected chi connectivity index (χ1v) is 8.50. The molecule has 0 bridgehead atoms. The fourth-order valence-corrected chi connectivity index (χ4v) is 2.55. The summed E-state index contributed by atoms with van der Waals surface area (Å²) < 4.78 is 22.2. The summed E-state index contributed by atoms with van der Waals surface area (Å²) in [6, 6.07) is 1.96. The van der Waals surface area contributed by atoms with Crippen LogP contribution in [0, 0.1) is 10.6 Å². The highest BCUT2D eigenvalue weighted by molar-refractivity contribution is 7.71. The van der Waals surface area contributed by atoms with Gasteiger partial charge in [0.2, 0.25) is 0 Å². The number of ether oxygens (including phenoxy) is 1. The van der Waals surface area contributed by atoms with Gasteiger partial charge >= 0.3 is 17.5 Å². The summed E-state index contributed by atoms with van der Waals surface area (Å²) in [4.78, 5) is 36.9. The van der Waals surface area contributed by atoms with E-state index in [9.17, 15) is 18.8 Å². The zero-order valence-corrected chi connectivity index (χ0v) is 16.9. The number of benzene rings is 1. The summed E-state index contributed by atoms with van der Waals surface area (Å²) in [5.74, 6) is -0.925. The average Bonchev–Trinajstić information content (AvgIpc) is 2.53. The molecular weight excluding hydrogens is 399 g/mol. The number of halogens is 2. The predicted octanol–water partition coefficient (Wildman–Crippen LogP) is 2.74. The summed E-state index contributed by atoms with van der Waals surface area (Å²) in [7, 11) is 2.71. The molecule has 1 amide bonds. The molecule has 146 valence electrons. The van der Waals surface area contributed by atoms with Crippen molar-refractivity contribution in [3.05, 3.63) is 48.7 Å². The van der Waals surface area contributed by atoms with Crippen molar-refractivity contribution in [3.63, 3.8) is 0 Å². The lowest BCUT2D eigenvalue weighted by molar-refractivity contribution is 0.0636. The summed E-state index contributed by atoms with van der Waals surface area (Å²) in [6.45, 7) is 5.01. The molecule has 0 radical (unpaired) electrons. The lowest BCUT2D eigenvalue weighted by Crippen LogP contribution is -2.43. The van der Waals surface area contributed by atoms with Crippen molar-refractivity contribution in [2.45, 2.75) is 26.4 Å². The molecule has 1 N–H and O–H groups in total. The fraction of sp³-hybridized carbons (Fsp3) is 0.375. The number of carbonyl (C=O) groups excluding carboxylic acids is 1. The Balaban J connectivity index is 2.65. The van der Waals surface area contributed by atoms with Gasteiger partial charge in [-0.3, -0.25) is 14.5 Å². The molecule has 0 aliphatic heterocycles. The second-order valence-electron chi connectivity index (χ2n) is 6.71. The Kier molecular flexibility index (Phi) is 5.62. The van der Waals surface area contributed by atoms with E-state index in [1.807, 2.05) is 0 Å². The minimum atomic E-state index is -0.925. The van der Waals surface area contributed by atoms with Crippen LogP contribution in [-0.4, -0.2) is 25.4 Å². The molecule has 0 spiro atoms. The molecule has 0 atom stereocenters. The number of rotatable bonds is 2. The van der Waals surface area contributed by atoms with E-state index in [4.69, 9.17) is 28.6 Å². The minimum absolute atomic E-state index is 0.0253. The second-order valence-corrected chi connectivity index (χ2v) is 7.48. The maximum absolute atomic E-state index is 14.5. The Bertz CT molecular complexity index is 1060. The number of carbonyl (C=O) groups is 1. The first-order chi connectivity index (χ1) is 12.3. The van der Waals surface area contributed by atoms with Crippen molar-refractivity contribution in [3.8, 4) is 5.69 Å². The van der Waals surface area contributed by atoms with E-state index in [0.29, 0.717) is 4.57 Å². The lowest BCUT2D eigenvalue weighted by atomic mass is 10.2. The van der Waals surface area contributed by atoms with Gasteiger partial charge in [0, 0.05) is 14.1 Å². The Morgan fingerprint density at radius 1 is 1.19 bits per heavy atom. The number of anilines is 1. The molecule has 0 aliphatic carbocycles. The van der Waals surface area contributed by atoms with Crippen molar-refractivity contribution >= 4 is 35.6 Å². The van der Waals surface area contributed by atoms with Crippen molar-refractivity contribution in [1.29, 1.82) is 0 Å². The SMILES string of the molecule is Cn1c(=S)n(C)c(=O)n(-c2cc(NC(=O)OC(C)(C)C)c(Cl)cc2F)c1=O. The zero-order valence-electron chi connectivity index (χ0n) is 15.3. The molecule has 0 fully saturated rings. The number of hydrogen-bond donors (Lipinski definition) is 1. The number of aromatic nitrogens is 3. The van der Waals surface area contributed by atoms with E-state index in [1.165, 1.54) is 14.1 Å². The third kappa shape index (κ3) is 4.28. The van der Waals surface area contributed by atoms with Crippen LogP contribution in [0.5, 0.6) is 0 Å². The molecule has 2 aromatic rings. The molecule has 11 heteroatoms. The van der Waals surface area contributed by atoms with Gasteiger partial charge in [-0.25, -0.2) is 23.3 Å². The van der Waals surface area contributed by atoms with Gasteiger partial charge in [0.1, 0.15) is 11.4 Å². The van der Waals surface area contributed by atoms with Crippen molar-refractivity contribution in [1.82, 2.24) is 13.7 Å². The molecule has 27 heavy (non-hydrogen) atoms. The van der Waals surface area contributed by atoms with Gasteiger partial charge in [0.15, 0.2) is 4.77 Å². The lowest BCUT2D eigenvalue weighted by Gasteiger charge is -2.20. The smallest absolute Gasteiger partial charge is 0.412 e. The maximum atomic E-state index is 14.5. The average molecular weight is 417 g/mol. The van der Waals surface area contributed by atoms with Crippen LogP contribution in [0.4, 0.5) is 14.9 Å². The van der Waals surface area contributed by atoms with Gasteiger partial charge in [-0.15, -0.1) is 0 Å². The zero-order chi connectivity index (χ0) is 20.7. The van der Waals surface area contributed by atoms with Crippen molar-refractivity contribution < 1.29 is 13.9 Å². The molecule has 0 unspecified atom stereocenters. The molecule has 8 nitrogen and oxygen atoms in total. The van der Waals surface area contributed by atoms with Gasteiger partial charge in [-0.1, -0.05) is 11.6 Å². The highest BCUT2D eigenvalue weighted by atomic mass is 35.5. The van der Waals surface area contributed by atoms with Crippen LogP contribution >= 0.6 is 23.8 Å². The van der Waals surface area contributed by atoms with Crippen LogP contribution in [0.2, 0.25) is 5.02 Å². The van der Waals surface area contributed by atoms with E-state index in [1.54, 1.807) is 20.8 Å². The topological polar surface area (TPSA) is 87.3 Å². The van der Waals surface area contributed by atoms with Crippen molar-refractivity contribution in [2.24, 2.45) is 14.1 Å². The van der Waals surface area contributed by atoms with Gasteiger partial charge in [0.25, 0.3) is 0 Å². The fourth-order valence-electron chi connectivity index (χ4n) is 2.19. The van der Waals surface area contributed by atoms with Crippen LogP contribution in [-0.2, 0) is 18.8 Å². The third-order valence-corrected chi connectivity index (χ3v) is 4.30. The first kappa shape index (κ1) is 20.8. The highest BCUT2D eigenvalue weighted by Crippen LogP contribution is 2.27. The van der Waals surface area contributed by atoms with Crippen LogP contribution in [0.25, 0.3) is 5.69 Å². The molecule has 0 saturated heterocycles. The van der Waals surface area contributed by atoms with Crippen LogP contribution in [0.15, 0.2) is 21.7 Å². The van der Waals surface area contributed by atoms with Gasteiger partial charge in [0.05, 0.1) is 16.4 Å². The quantitative estimate of drug-likeness (QED) is 0.760. The monoisotopic (exact) mass is 416 g/mol. The molecule has 1 aromatic carbocycles. The number of nitrogens with one attached hydrogen (secondary N) is 1. The molecular formula is C16H18ClFN4O4S. The molecule has 0 saturated carbocycles. The van der Waals surface area contributed by atoms with E-state index in [0.717, 1.165) is 21.3 Å². The molecule has 1 aromatic heterocycles. The standard InChI is InChI=1S/C16H18ClFN4O4S/c1-16(2,3)26-12(23)19-10-7-11(9(18)6-8(10)17)22-13(24)20(4)15(27)21(5)14(22)25/h6-7H,1-5H3,(H,19,23). The molecule has 0 aliphatic rings. The number of amides is 1. The van der Waals surface area contributed by atoms with E-state index in [-0.39, 0.29) is 21.2 Å². The van der Waals surface area contributed by atoms with E-state index >= 15 is 0 Å². The normalized spacial score (nSPS) is 11.4. The summed E-state index contributed by atoms with van der Waals surface area (Å²) in [6.07, 6.45) is -0.825. The number of nitrogens with zero attached hydrogens (tertiary/aromatic N) is 3.